The van der Waals surface area contributed by atoms with E-state index in [0.29, 0.717) is 11.8 Å². The van der Waals surface area contributed by atoms with Crippen molar-refractivity contribution in [3.8, 4) is 5.75 Å². The molecule has 2 aliphatic rings. The van der Waals surface area contributed by atoms with E-state index in [-0.39, 0.29) is 11.9 Å². The fraction of sp³-hybridized carbons (Fsp3) is 0.625. The third-order valence-electron chi connectivity index (χ3n) is 4.44. The molecule has 1 atom stereocenters. The highest BCUT2D eigenvalue weighted by atomic mass is 19.1. The predicted octanol–water partition coefficient (Wildman–Crippen LogP) is 2.37. The monoisotopic (exact) mass is 278 g/mol. The molecule has 2 saturated heterocycles. The van der Waals surface area contributed by atoms with Crippen molar-refractivity contribution < 1.29 is 9.13 Å². The molecule has 0 aliphatic carbocycles. The minimum Gasteiger partial charge on any atom is -0.485 e. The van der Waals surface area contributed by atoms with Crippen LogP contribution in [0.4, 0.5) is 4.39 Å². The lowest BCUT2D eigenvalue weighted by Crippen LogP contribution is -2.58. The molecular formula is C16H23FN2O. The first-order valence-corrected chi connectivity index (χ1v) is 7.56. The van der Waals surface area contributed by atoms with Crippen molar-refractivity contribution >= 4 is 0 Å². The Morgan fingerprint density at radius 1 is 1.25 bits per heavy atom. The molecule has 2 heterocycles. The zero-order valence-electron chi connectivity index (χ0n) is 12.1. The van der Waals surface area contributed by atoms with Crippen LogP contribution in [0.15, 0.2) is 24.3 Å². The number of likely N-dealkylation sites (N-methyl/N-ethyl adjacent to an activating group) is 1. The lowest BCUT2D eigenvalue weighted by molar-refractivity contribution is -0.00284. The van der Waals surface area contributed by atoms with Crippen LogP contribution in [-0.4, -0.2) is 55.2 Å². The number of hydrogen-bond acceptors (Lipinski definition) is 3. The van der Waals surface area contributed by atoms with E-state index in [1.165, 1.54) is 31.9 Å². The van der Waals surface area contributed by atoms with Gasteiger partial charge in [-0.2, -0.15) is 0 Å². The SMILES string of the molecule is CN1CCCC[C@H]1CN1CC(Oc2ccccc2F)C1. The number of piperidine rings is 1. The first kappa shape index (κ1) is 13.8. The van der Waals surface area contributed by atoms with Gasteiger partial charge in [-0.25, -0.2) is 4.39 Å². The minimum atomic E-state index is -0.266. The summed E-state index contributed by atoms with van der Waals surface area (Å²) in [5.41, 5.74) is 0. The fourth-order valence-corrected chi connectivity index (χ4v) is 3.14. The first-order chi connectivity index (χ1) is 9.72. The molecule has 2 fully saturated rings. The predicted molar refractivity (Wildman–Crippen MR) is 77.5 cm³/mol. The maximum absolute atomic E-state index is 13.5. The third-order valence-corrected chi connectivity index (χ3v) is 4.44. The molecule has 110 valence electrons. The van der Waals surface area contributed by atoms with Crippen molar-refractivity contribution in [2.45, 2.75) is 31.4 Å². The fourth-order valence-electron chi connectivity index (χ4n) is 3.14. The van der Waals surface area contributed by atoms with Gasteiger partial charge in [0, 0.05) is 25.7 Å². The summed E-state index contributed by atoms with van der Waals surface area (Å²) in [4.78, 5) is 4.88. The topological polar surface area (TPSA) is 15.7 Å². The Balaban J connectivity index is 1.44. The molecule has 20 heavy (non-hydrogen) atoms. The second-order valence-corrected chi connectivity index (χ2v) is 6.02. The van der Waals surface area contributed by atoms with Crippen LogP contribution in [0.5, 0.6) is 5.75 Å². The van der Waals surface area contributed by atoms with E-state index in [9.17, 15) is 4.39 Å². The van der Waals surface area contributed by atoms with Crippen LogP contribution in [-0.2, 0) is 0 Å². The van der Waals surface area contributed by atoms with Crippen molar-refractivity contribution in [2.24, 2.45) is 0 Å². The quantitative estimate of drug-likeness (QED) is 0.841. The van der Waals surface area contributed by atoms with Gasteiger partial charge in [0.1, 0.15) is 6.10 Å². The van der Waals surface area contributed by atoms with Crippen LogP contribution < -0.4 is 4.74 Å². The van der Waals surface area contributed by atoms with E-state index < -0.39 is 0 Å². The molecule has 0 spiro atoms. The summed E-state index contributed by atoms with van der Waals surface area (Å²) in [6.07, 6.45) is 4.11. The lowest BCUT2D eigenvalue weighted by atomic mass is 10.0. The van der Waals surface area contributed by atoms with Gasteiger partial charge in [0.25, 0.3) is 0 Å². The highest BCUT2D eigenvalue weighted by Gasteiger charge is 2.32. The van der Waals surface area contributed by atoms with Crippen LogP contribution in [0, 0.1) is 5.82 Å². The average Bonchev–Trinajstić information content (AvgIpc) is 2.40. The normalized spacial score (nSPS) is 25.4. The van der Waals surface area contributed by atoms with Gasteiger partial charge in [-0.1, -0.05) is 18.6 Å². The summed E-state index contributed by atoms with van der Waals surface area (Å²) in [5.74, 6) is 0.116. The Bertz CT molecular complexity index is 448. The molecule has 1 aromatic carbocycles. The number of nitrogens with zero attached hydrogens (tertiary/aromatic N) is 2. The van der Waals surface area contributed by atoms with Crippen LogP contribution in [0.3, 0.4) is 0 Å². The van der Waals surface area contributed by atoms with Gasteiger partial charge in [-0.05, 0) is 38.6 Å². The van der Waals surface area contributed by atoms with Gasteiger partial charge < -0.3 is 9.64 Å². The van der Waals surface area contributed by atoms with Gasteiger partial charge in [-0.15, -0.1) is 0 Å². The van der Waals surface area contributed by atoms with Gasteiger partial charge in [0.15, 0.2) is 11.6 Å². The molecule has 3 rings (SSSR count). The van der Waals surface area contributed by atoms with Crippen molar-refractivity contribution in [3.63, 3.8) is 0 Å². The van der Waals surface area contributed by atoms with Gasteiger partial charge >= 0.3 is 0 Å². The molecule has 0 N–H and O–H groups in total. The Kier molecular flexibility index (Phi) is 4.22. The maximum Gasteiger partial charge on any atom is 0.165 e. The van der Waals surface area contributed by atoms with Crippen LogP contribution in [0.1, 0.15) is 19.3 Å². The van der Waals surface area contributed by atoms with Crippen molar-refractivity contribution in [3.05, 3.63) is 30.1 Å². The molecule has 0 saturated carbocycles. The van der Waals surface area contributed by atoms with Gasteiger partial charge in [0.2, 0.25) is 0 Å². The molecular weight excluding hydrogens is 255 g/mol. The summed E-state index contributed by atoms with van der Waals surface area (Å²) < 4.78 is 19.2. The molecule has 0 radical (unpaired) electrons. The Hall–Kier alpha value is -1.13. The Morgan fingerprint density at radius 2 is 2.05 bits per heavy atom. The number of benzene rings is 1. The molecule has 3 nitrogen and oxygen atoms in total. The lowest BCUT2D eigenvalue weighted by Gasteiger charge is -2.43. The maximum atomic E-state index is 13.5. The zero-order chi connectivity index (χ0) is 13.9. The molecule has 0 aromatic heterocycles. The number of rotatable bonds is 4. The van der Waals surface area contributed by atoms with E-state index >= 15 is 0 Å². The average molecular weight is 278 g/mol. The molecule has 4 heteroatoms. The summed E-state index contributed by atoms with van der Waals surface area (Å²) >= 11 is 0. The first-order valence-electron chi connectivity index (χ1n) is 7.56. The summed E-state index contributed by atoms with van der Waals surface area (Å²) in [7, 11) is 2.22. The molecule has 0 unspecified atom stereocenters. The van der Waals surface area contributed by atoms with E-state index in [2.05, 4.69) is 16.8 Å². The number of halogens is 1. The Morgan fingerprint density at radius 3 is 2.80 bits per heavy atom. The molecule has 0 amide bonds. The Labute approximate surface area is 120 Å². The smallest absolute Gasteiger partial charge is 0.165 e. The number of ether oxygens (including phenoxy) is 1. The zero-order valence-corrected chi connectivity index (χ0v) is 12.1. The van der Waals surface area contributed by atoms with Crippen molar-refractivity contribution in [1.29, 1.82) is 0 Å². The highest BCUT2D eigenvalue weighted by Crippen LogP contribution is 2.23. The van der Waals surface area contributed by atoms with Crippen LogP contribution in [0.2, 0.25) is 0 Å². The van der Waals surface area contributed by atoms with E-state index in [1.807, 2.05) is 6.07 Å². The second kappa shape index (κ2) is 6.10. The summed E-state index contributed by atoms with van der Waals surface area (Å²) in [6, 6.07) is 7.33. The highest BCUT2D eigenvalue weighted by molar-refractivity contribution is 5.24. The van der Waals surface area contributed by atoms with Crippen molar-refractivity contribution in [1.82, 2.24) is 9.80 Å². The number of para-hydroxylation sites is 1. The largest absolute Gasteiger partial charge is 0.485 e. The second-order valence-electron chi connectivity index (χ2n) is 6.02. The van der Waals surface area contributed by atoms with Gasteiger partial charge in [-0.3, -0.25) is 4.90 Å². The third kappa shape index (κ3) is 3.13. The molecule has 1 aromatic rings. The number of likely N-dealkylation sites (tertiary alicyclic amines) is 2. The summed E-state index contributed by atoms with van der Waals surface area (Å²) in [6.45, 7) is 4.17. The summed E-state index contributed by atoms with van der Waals surface area (Å²) in [5, 5.41) is 0. The van der Waals surface area contributed by atoms with Crippen molar-refractivity contribution in [2.75, 3.05) is 33.2 Å². The van der Waals surface area contributed by atoms with Crippen LogP contribution >= 0.6 is 0 Å². The van der Waals surface area contributed by atoms with Gasteiger partial charge in [0.05, 0.1) is 0 Å². The van der Waals surface area contributed by atoms with E-state index in [4.69, 9.17) is 4.74 Å². The standard InChI is InChI=1S/C16H23FN2O/c1-18-9-5-4-6-13(18)10-19-11-14(12-19)20-16-8-3-2-7-15(16)17/h2-3,7-8,13-14H,4-6,9-12H2,1H3/t13-/m0/s1. The minimum absolute atomic E-state index is 0.140. The van der Waals surface area contributed by atoms with E-state index in [1.54, 1.807) is 12.1 Å². The van der Waals surface area contributed by atoms with E-state index in [0.717, 1.165) is 19.6 Å². The van der Waals surface area contributed by atoms with Crippen LogP contribution in [0.25, 0.3) is 0 Å². The molecule has 0 bridgehead atoms. The molecule has 2 aliphatic heterocycles. The number of hydrogen-bond donors (Lipinski definition) is 0.